The van der Waals surface area contributed by atoms with Crippen LogP contribution in [0.25, 0.3) is 0 Å². The number of carbonyl (C=O) groups excluding carboxylic acids is 1. The first-order valence-electron chi connectivity index (χ1n) is 9.30. The summed E-state index contributed by atoms with van der Waals surface area (Å²) >= 11 is 0. The molecule has 2 aliphatic rings. The Morgan fingerprint density at radius 3 is 2.63 bits per heavy atom. The largest absolute Gasteiger partial charge is 0.347 e. The average Bonchev–Trinajstić information content (AvgIpc) is 3.14. The fourth-order valence-electron chi connectivity index (χ4n) is 3.54. The van der Waals surface area contributed by atoms with E-state index in [4.69, 9.17) is 9.47 Å². The van der Waals surface area contributed by atoms with Gasteiger partial charge in [0.2, 0.25) is 5.95 Å². The number of aryl methyl sites for hydroxylation is 1. The third kappa shape index (κ3) is 3.65. The molecule has 1 spiro atoms. The quantitative estimate of drug-likeness (QED) is 0.898. The highest BCUT2D eigenvalue weighted by Gasteiger charge is 2.41. The molecular weight excluding hydrogens is 344 g/mol. The number of hydrogen-bond donors (Lipinski definition) is 1. The molecule has 2 fully saturated rings. The van der Waals surface area contributed by atoms with Gasteiger partial charge in [0.15, 0.2) is 5.79 Å². The van der Waals surface area contributed by atoms with Crippen LogP contribution in [0.2, 0.25) is 0 Å². The molecule has 27 heavy (non-hydrogen) atoms. The maximum Gasteiger partial charge on any atom is 0.272 e. The summed E-state index contributed by atoms with van der Waals surface area (Å²) in [7, 11) is 0. The molecule has 0 bridgehead atoms. The zero-order valence-corrected chi connectivity index (χ0v) is 15.7. The maximum absolute atomic E-state index is 12.9. The first kappa shape index (κ1) is 17.9. The Morgan fingerprint density at radius 1 is 1.15 bits per heavy atom. The standard InChI is InChI=1S/C20H24N4O3/c1-14-4-3-5-16(15(14)2)22-19-21-9-6-17(23-19)18(25)24-10-7-20(8-11-24)26-12-13-27-20/h3-6,9H,7-8,10-13H2,1-2H3,(H,21,22,23). The van der Waals surface area contributed by atoms with Crippen LogP contribution >= 0.6 is 0 Å². The number of amides is 1. The van der Waals surface area contributed by atoms with E-state index in [1.54, 1.807) is 17.2 Å². The Kier molecular flexibility index (Phi) is 4.80. The van der Waals surface area contributed by atoms with Crippen LogP contribution in [-0.4, -0.2) is 52.9 Å². The van der Waals surface area contributed by atoms with Crippen molar-refractivity contribution >= 4 is 17.5 Å². The lowest BCUT2D eigenvalue weighted by atomic mass is 10.0. The van der Waals surface area contributed by atoms with Crippen LogP contribution < -0.4 is 5.32 Å². The maximum atomic E-state index is 12.9. The Bertz CT molecular complexity index is 839. The summed E-state index contributed by atoms with van der Waals surface area (Å²) in [4.78, 5) is 23.3. The molecule has 2 aliphatic heterocycles. The molecule has 0 radical (unpaired) electrons. The third-order valence-corrected chi connectivity index (χ3v) is 5.35. The highest BCUT2D eigenvalue weighted by atomic mass is 16.7. The highest BCUT2D eigenvalue weighted by molar-refractivity contribution is 5.92. The molecule has 0 saturated carbocycles. The molecule has 1 N–H and O–H groups in total. The number of carbonyl (C=O) groups is 1. The van der Waals surface area contributed by atoms with Crippen LogP contribution in [0.3, 0.4) is 0 Å². The van der Waals surface area contributed by atoms with E-state index in [0.717, 1.165) is 11.3 Å². The van der Waals surface area contributed by atoms with Crippen LogP contribution in [0.15, 0.2) is 30.5 Å². The van der Waals surface area contributed by atoms with Crippen LogP contribution in [0.5, 0.6) is 0 Å². The van der Waals surface area contributed by atoms with Gasteiger partial charge in [-0.15, -0.1) is 0 Å². The van der Waals surface area contributed by atoms with Crippen molar-refractivity contribution in [2.24, 2.45) is 0 Å². The molecule has 3 heterocycles. The zero-order chi connectivity index (χ0) is 18.9. The second kappa shape index (κ2) is 7.25. The lowest BCUT2D eigenvalue weighted by molar-refractivity contribution is -0.181. The Balaban J connectivity index is 1.46. The number of rotatable bonds is 3. The lowest BCUT2D eigenvalue weighted by Crippen LogP contribution is -2.47. The van der Waals surface area contributed by atoms with Crippen molar-refractivity contribution < 1.29 is 14.3 Å². The van der Waals surface area contributed by atoms with Gasteiger partial charge in [-0.05, 0) is 37.1 Å². The summed E-state index contributed by atoms with van der Waals surface area (Å²) in [5, 5.41) is 3.22. The predicted octanol–water partition coefficient (Wildman–Crippen LogP) is 2.82. The topological polar surface area (TPSA) is 76.6 Å². The van der Waals surface area contributed by atoms with Gasteiger partial charge in [0.05, 0.1) is 13.2 Å². The van der Waals surface area contributed by atoms with Gasteiger partial charge in [-0.3, -0.25) is 4.79 Å². The fraction of sp³-hybridized carbons (Fsp3) is 0.450. The van der Waals surface area contributed by atoms with E-state index < -0.39 is 5.79 Å². The molecule has 7 heteroatoms. The Labute approximate surface area is 158 Å². The van der Waals surface area contributed by atoms with Crippen molar-refractivity contribution in [1.29, 1.82) is 0 Å². The van der Waals surface area contributed by atoms with Gasteiger partial charge in [-0.2, -0.15) is 0 Å². The number of hydrogen-bond acceptors (Lipinski definition) is 6. The second-order valence-electron chi connectivity index (χ2n) is 7.04. The Hall–Kier alpha value is -2.51. The molecule has 0 unspecified atom stereocenters. The molecule has 0 atom stereocenters. The number of nitrogens with one attached hydrogen (secondary N) is 1. The highest BCUT2D eigenvalue weighted by Crippen LogP contribution is 2.31. The second-order valence-corrected chi connectivity index (χ2v) is 7.04. The van der Waals surface area contributed by atoms with E-state index in [1.807, 2.05) is 19.1 Å². The first-order valence-corrected chi connectivity index (χ1v) is 9.30. The summed E-state index contributed by atoms with van der Waals surface area (Å²) in [5.74, 6) is -0.155. The van der Waals surface area contributed by atoms with Crippen LogP contribution in [-0.2, 0) is 9.47 Å². The third-order valence-electron chi connectivity index (χ3n) is 5.35. The van der Waals surface area contributed by atoms with E-state index in [1.165, 1.54) is 5.56 Å². The number of piperidine rings is 1. The number of likely N-dealkylation sites (tertiary alicyclic amines) is 1. The van der Waals surface area contributed by atoms with Gasteiger partial charge >= 0.3 is 0 Å². The van der Waals surface area contributed by atoms with Crippen molar-refractivity contribution in [2.75, 3.05) is 31.6 Å². The van der Waals surface area contributed by atoms with Crippen molar-refractivity contribution in [3.8, 4) is 0 Å². The van der Waals surface area contributed by atoms with Gasteiger partial charge in [-0.1, -0.05) is 12.1 Å². The fourth-order valence-corrected chi connectivity index (χ4v) is 3.54. The number of aromatic nitrogens is 2. The summed E-state index contributed by atoms with van der Waals surface area (Å²) in [6, 6.07) is 7.67. The van der Waals surface area contributed by atoms with Crippen LogP contribution in [0.4, 0.5) is 11.6 Å². The minimum absolute atomic E-state index is 0.0886. The summed E-state index contributed by atoms with van der Waals surface area (Å²) in [6.45, 7) is 6.57. The molecule has 7 nitrogen and oxygen atoms in total. The molecular formula is C20H24N4O3. The van der Waals surface area contributed by atoms with Crippen molar-refractivity contribution in [3.05, 3.63) is 47.3 Å². The van der Waals surface area contributed by atoms with Crippen LogP contribution in [0, 0.1) is 13.8 Å². The molecule has 0 aliphatic carbocycles. The van der Waals surface area contributed by atoms with Crippen molar-refractivity contribution in [3.63, 3.8) is 0 Å². The van der Waals surface area contributed by atoms with E-state index in [0.29, 0.717) is 50.8 Å². The molecule has 1 aromatic carbocycles. The monoisotopic (exact) mass is 368 g/mol. The minimum atomic E-state index is -0.488. The van der Waals surface area contributed by atoms with E-state index >= 15 is 0 Å². The smallest absolute Gasteiger partial charge is 0.272 e. The molecule has 2 saturated heterocycles. The van der Waals surface area contributed by atoms with Gasteiger partial charge in [0.1, 0.15) is 5.69 Å². The van der Waals surface area contributed by atoms with Gasteiger partial charge in [0, 0.05) is 37.8 Å². The number of benzene rings is 1. The van der Waals surface area contributed by atoms with Gasteiger partial charge in [-0.25, -0.2) is 9.97 Å². The van der Waals surface area contributed by atoms with Crippen molar-refractivity contribution in [1.82, 2.24) is 14.9 Å². The van der Waals surface area contributed by atoms with Crippen molar-refractivity contribution in [2.45, 2.75) is 32.5 Å². The summed E-state index contributed by atoms with van der Waals surface area (Å²) < 4.78 is 11.5. The van der Waals surface area contributed by atoms with Crippen LogP contribution in [0.1, 0.15) is 34.5 Å². The number of anilines is 2. The molecule has 4 rings (SSSR count). The average molecular weight is 368 g/mol. The lowest BCUT2D eigenvalue weighted by Gasteiger charge is -2.37. The predicted molar refractivity (Wildman–Crippen MR) is 101 cm³/mol. The minimum Gasteiger partial charge on any atom is -0.347 e. The molecule has 1 amide bonds. The number of nitrogens with zero attached hydrogens (tertiary/aromatic N) is 3. The molecule has 2 aromatic rings. The molecule has 142 valence electrons. The normalized spacial score (nSPS) is 18.7. The Morgan fingerprint density at radius 2 is 1.89 bits per heavy atom. The molecule has 1 aromatic heterocycles. The zero-order valence-electron chi connectivity index (χ0n) is 15.7. The van der Waals surface area contributed by atoms with Gasteiger partial charge in [0.25, 0.3) is 5.91 Å². The SMILES string of the molecule is Cc1cccc(Nc2nccc(C(=O)N3CCC4(CC3)OCCO4)n2)c1C. The first-order chi connectivity index (χ1) is 13.1. The van der Waals surface area contributed by atoms with Gasteiger partial charge < -0.3 is 19.7 Å². The summed E-state index contributed by atoms with van der Waals surface area (Å²) in [6.07, 6.45) is 3.00. The van der Waals surface area contributed by atoms with E-state index in [9.17, 15) is 4.79 Å². The van der Waals surface area contributed by atoms with E-state index in [-0.39, 0.29) is 5.91 Å². The van der Waals surface area contributed by atoms with E-state index in [2.05, 4.69) is 28.3 Å². The summed E-state index contributed by atoms with van der Waals surface area (Å²) in [5.41, 5.74) is 3.65. The number of ether oxygens (including phenoxy) is 2.